The molecule has 4 N–H and O–H groups in total. The van der Waals surface area contributed by atoms with Crippen molar-refractivity contribution >= 4 is 5.91 Å². The van der Waals surface area contributed by atoms with Crippen LogP contribution in [0.15, 0.2) is 0 Å². The summed E-state index contributed by atoms with van der Waals surface area (Å²) in [5.74, 6) is -0.0389. The zero-order valence-electron chi connectivity index (χ0n) is 11.4. The highest BCUT2D eigenvalue weighted by Crippen LogP contribution is 2.22. The lowest BCUT2D eigenvalue weighted by Crippen LogP contribution is -2.40. The quantitative estimate of drug-likeness (QED) is 0.617. The molecule has 1 aliphatic heterocycles. The summed E-state index contributed by atoms with van der Waals surface area (Å²) in [5, 5.41) is 11.7. The summed E-state index contributed by atoms with van der Waals surface area (Å²) >= 11 is 0. The molecule has 1 amide bonds. The van der Waals surface area contributed by atoms with Gasteiger partial charge in [0.15, 0.2) is 0 Å². The molecule has 0 bridgehead atoms. The molecule has 106 valence electrons. The topological polar surface area (TPSA) is 84.6 Å². The molecule has 1 fully saturated rings. The van der Waals surface area contributed by atoms with Gasteiger partial charge in [-0.25, -0.2) is 0 Å². The number of hydrogen-bond acceptors (Lipinski definition) is 4. The van der Waals surface area contributed by atoms with E-state index in [0.29, 0.717) is 13.1 Å². The zero-order valence-corrected chi connectivity index (χ0v) is 11.4. The lowest BCUT2D eigenvalue weighted by atomic mass is 9.88. The smallest absolute Gasteiger partial charge is 0.249 e. The Kier molecular flexibility index (Phi) is 6.05. The highest BCUT2D eigenvalue weighted by Gasteiger charge is 2.30. The van der Waals surface area contributed by atoms with E-state index in [1.165, 1.54) is 0 Å². The standard InChI is InChI=1S/C13H26N2O3/c1-13(2,6-3-7-16)9-15-12(17)11-5-4-10(8-14)18-11/h10-11,16H,3-9,14H2,1-2H3,(H,15,17). The van der Waals surface area contributed by atoms with Crippen molar-refractivity contribution in [3.63, 3.8) is 0 Å². The molecule has 5 nitrogen and oxygen atoms in total. The first-order valence-corrected chi connectivity index (χ1v) is 6.72. The Morgan fingerprint density at radius 2 is 2.22 bits per heavy atom. The molecule has 0 aliphatic carbocycles. The van der Waals surface area contributed by atoms with Crippen LogP contribution in [-0.4, -0.2) is 42.9 Å². The number of ether oxygens (including phenoxy) is 1. The minimum absolute atomic E-state index is 0.00423. The summed E-state index contributed by atoms with van der Waals surface area (Å²) in [5.41, 5.74) is 5.52. The summed E-state index contributed by atoms with van der Waals surface area (Å²) < 4.78 is 5.54. The van der Waals surface area contributed by atoms with Gasteiger partial charge in [0.1, 0.15) is 6.10 Å². The third kappa shape index (κ3) is 4.92. The molecule has 1 rings (SSSR count). The molecular formula is C13H26N2O3. The molecule has 0 aromatic rings. The third-order valence-corrected chi connectivity index (χ3v) is 3.42. The highest BCUT2D eigenvalue weighted by molar-refractivity contribution is 5.81. The van der Waals surface area contributed by atoms with Gasteiger partial charge in [0.2, 0.25) is 5.91 Å². The van der Waals surface area contributed by atoms with E-state index in [2.05, 4.69) is 19.2 Å². The van der Waals surface area contributed by atoms with Gasteiger partial charge in [-0.1, -0.05) is 13.8 Å². The number of carbonyl (C=O) groups excluding carboxylic acids is 1. The number of nitrogens with one attached hydrogen (secondary N) is 1. The summed E-state index contributed by atoms with van der Waals surface area (Å²) in [6.45, 7) is 5.45. The fourth-order valence-corrected chi connectivity index (χ4v) is 2.16. The summed E-state index contributed by atoms with van der Waals surface area (Å²) in [4.78, 5) is 11.9. The van der Waals surface area contributed by atoms with Gasteiger partial charge >= 0.3 is 0 Å². The monoisotopic (exact) mass is 258 g/mol. The average molecular weight is 258 g/mol. The SMILES string of the molecule is CC(C)(CCCO)CNC(=O)C1CCC(CN)O1. The lowest BCUT2D eigenvalue weighted by molar-refractivity contribution is -0.132. The van der Waals surface area contributed by atoms with E-state index < -0.39 is 0 Å². The van der Waals surface area contributed by atoms with Gasteiger partial charge in [-0.3, -0.25) is 4.79 Å². The predicted molar refractivity (Wildman–Crippen MR) is 70.1 cm³/mol. The van der Waals surface area contributed by atoms with Crippen molar-refractivity contribution in [2.75, 3.05) is 19.7 Å². The van der Waals surface area contributed by atoms with Crippen LogP contribution in [0.2, 0.25) is 0 Å². The average Bonchev–Trinajstić information content (AvgIpc) is 2.82. The normalized spacial score (nSPS) is 24.2. The molecule has 1 heterocycles. The van der Waals surface area contributed by atoms with Gasteiger partial charge in [0.25, 0.3) is 0 Å². The van der Waals surface area contributed by atoms with Crippen molar-refractivity contribution in [3.05, 3.63) is 0 Å². The van der Waals surface area contributed by atoms with Gasteiger partial charge in [-0.05, 0) is 31.1 Å². The Balaban J connectivity index is 2.28. The molecule has 2 unspecified atom stereocenters. The maximum absolute atomic E-state index is 11.9. The molecule has 0 saturated carbocycles. The van der Waals surface area contributed by atoms with Crippen LogP contribution in [0.5, 0.6) is 0 Å². The molecule has 0 aromatic heterocycles. The number of aliphatic hydroxyl groups is 1. The Morgan fingerprint density at radius 3 is 2.78 bits per heavy atom. The molecule has 18 heavy (non-hydrogen) atoms. The minimum atomic E-state index is -0.341. The first-order chi connectivity index (χ1) is 8.48. The van der Waals surface area contributed by atoms with Crippen LogP contribution >= 0.6 is 0 Å². The van der Waals surface area contributed by atoms with E-state index >= 15 is 0 Å². The maximum atomic E-state index is 11.9. The van der Waals surface area contributed by atoms with Crippen LogP contribution < -0.4 is 11.1 Å². The number of nitrogens with two attached hydrogens (primary N) is 1. The van der Waals surface area contributed by atoms with E-state index in [-0.39, 0.29) is 30.1 Å². The number of amides is 1. The van der Waals surface area contributed by atoms with Gasteiger partial charge in [0, 0.05) is 19.7 Å². The Hall–Kier alpha value is -0.650. The largest absolute Gasteiger partial charge is 0.396 e. The van der Waals surface area contributed by atoms with Crippen LogP contribution in [-0.2, 0) is 9.53 Å². The highest BCUT2D eigenvalue weighted by atomic mass is 16.5. The molecular weight excluding hydrogens is 232 g/mol. The molecule has 2 atom stereocenters. The van der Waals surface area contributed by atoms with Crippen molar-refractivity contribution < 1.29 is 14.6 Å². The van der Waals surface area contributed by atoms with Gasteiger partial charge in [-0.15, -0.1) is 0 Å². The van der Waals surface area contributed by atoms with Crippen molar-refractivity contribution in [2.24, 2.45) is 11.1 Å². The van der Waals surface area contributed by atoms with Crippen LogP contribution in [0.4, 0.5) is 0 Å². The second-order valence-electron chi connectivity index (χ2n) is 5.77. The van der Waals surface area contributed by atoms with Crippen LogP contribution in [0.3, 0.4) is 0 Å². The van der Waals surface area contributed by atoms with E-state index in [1.54, 1.807) is 0 Å². The zero-order chi connectivity index (χ0) is 13.6. The molecule has 1 aliphatic rings. The van der Waals surface area contributed by atoms with Gasteiger partial charge in [-0.2, -0.15) is 0 Å². The number of aliphatic hydroxyl groups excluding tert-OH is 1. The van der Waals surface area contributed by atoms with Crippen molar-refractivity contribution in [2.45, 2.75) is 51.7 Å². The third-order valence-electron chi connectivity index (χ3n) is 3.42. The molecule has 0 spiro atoms. The van der Waals surface area contributed by atoms with Gasteiger partial charge in [0.05, 0.1) is 6.10 Å². The van der Waals surface area contributed by atoms with E-state index in [0.717, 1.165) is 25.7 Å². The molecule has 0 aromatic carbocycles. The first-order valence-electron chi connectivity index (χ1n) is 6.72. The Bertz CT molecular complexity index is 269. The first kappa shape index (κ1) is 15.4. The predicted octanol–water partition coefficient (Wildman–Crippen LogP) is 0.408. The fourth-order valence-electron chi connectivity index (χ4n) is 2.16. The van der Waals surface area contributed by atoms with Crippen LogP contribution in [0, 0.1) is 5.41 Å². The van der Waals surface area contributed by atoms with Crippen LogP contribution in [0.1, 0.15) is 39.5 Å². The van der Waals surface area contributed by atoms with E-state index in [1.807, 2.05) is 0 Å². The maximum Gasteiger partial charge on any atom is 0.249 e. The summed E-state index contributed by atoms with van der Waals surface area (Å²) in [6, 6.07) is 0. The van der Waals surface area contributed by atoms with Crippen molar-refractivity contribution in [1.82, 2.24) is 5.32 Å². The molecule has 1 saturated heterocycles. The Morgan fingerprint density at radius 1 is 1.50 bits per heavy atom. The van der Waals surface area contributed by atoms with Gasteiger partial charge < -0.3 is 20.9 Å². The number of rotatable bonds is 7. The summed E-state index contributed by atoms with van der Waals surface area (Å²) in [6.07, 6.45) is 2.96. The Labute approximate surface area is 109 Å². The number of carbonyl (C=O) groups is 1. The lowest BCUT2D eigenvalue weighted by Gasteiger charge is -2.25. The minimum Gasteiger partial charge on any atom is -0.396 e. The van der Waals surface area contributed by atoms with Crippen molar-refractivity contribution in [1.29, 1.82) is 0 Å². The fraction of sp³-hybridized carbons (Fsp3) is 0.923. The van der Waals surface area contributed by atoms with E-state index in [9.17, 15) is 4.79 Å². The molecule has 5 heteroatoms. The summed E-state index contributed by atoms with van der Waals surface area (Å²) in [7, 11) is 0. The molecule has 0 radical (unpaired) electrons. The van der Waals surface area contributed by atoms with Crippen molar-refractivity contribution in [3.8, 4) is 0 Å². The van der Waals surface area contributed by atoms with E-state index in [4.69, 9.17) is 15.6 Å². The second-order valence-corrected chi connectivity index (χ2v) is 5.77. The number of hydrogen-bond donors (Lipinski definition) is 3. The van der Waals surface area contributed by atoms with Crippen LogP contribution in [0.25, 0.3) is 0 Å². The second kappa shape index (κ2) is 7.07.